The molecule has 1 spiro atoms. The largest absolute Gasteiger partial charge is 0.493 e. The van der Waals surface area contributed by atoms with E-state index in [-0.39, 0.29) is 0 Å². The minimum Gasteiger partial charge on any atom is -0.493 e. The zero-order valence-electron chi connectivity index (χ0n) is 18.3. The molecule has 3 heterocycles. The van der Waals surface area contributed by atoms with Crippen molar-refractivity contribution in [1.29, 1.82) is 0 Å². The molecule has 6 heteroatoms. The number of ether oxygens (including phenoxy) is 2. The first-order chi connectivity index (χ1) is 14.0. The number of para-hydroxylation sites is 1. The van der Waals surface area contributed by atoms with Crippen molar-refractivity contribution >= 4 is 0 Å². The van der Waals surface area contributed by atoms with Crippen LogP contribution in [0.4, 0.5) is 0 Å². The highest BCUT2D eigenvalue weighted by atomic mass is 16.5. The van der Waals surface area contributed by atoms with Crippen molar-refractivity contribution in [2.45, 2.75) is 39.3 Å². The van der Waals surface area contributed by atoms with Crippen LogP contribution in [-0.2, 0) is 20.1 Å². The van der Waals surface area contributed by atoms with Gasteiger partial charge in [0.15, 0.2) is 11.5 Å². The summed E-state index contributed by atoms with van der Waals surface area (Å²) in [6.45, 7) is 8.67. The SMILES string of the molecule is COc1cccc(CN2CCCC3(CCN(Cc4cnc(C)n4C)C3)C2)c1OC. The molecule has 2 aliphatic rings. The summed E-state index contributed by atoms with van der Waals surface area (Å²) in [5, 5.41) is 0. The van der Waals surface area contributed by atoms with E-state index in [1.807, 2.05) is 12.3 Å². The molecule has 2 aromatic rings. The zero-order valence-corrected chi connectivity index (χ0v) is 18.3. The number of methoxy groups -OCH3 is 2. The van der Waals surface area contributed by atoms with Crippen LogP contribution in [0.1, 0.15) is 36.3 Å². The predicted octanol–water partition coefficient (Wildman–Crippen LogP) is 3.23. The zero-order chi connectivity index (χ0) is 20.4. The second kappa shape index (κ2) is 8.36. The smallest absolute Gasteiger partial charge is 0.165 e. The first kappa shape index (κ1) is 20.2. The van der Waals surface area contributed by atoms with Gasteiger partial charge in [0, 0.05) is 45.0 Å². The van der Waals surface area contributed by atoms with Gasteiger partial charge in [0.05, 0.1) is 19.9 Å². The van der Waals surface area contributed by atoms with E-state index in [0.29, 0.717) is 5.41 Å². The van der Waals surface area contributed by atoms with Gasteiger partial charge in [-0.2, -0.15) is 0 Å². The summed E-state index contributed by atoms with van der Waals surface area (Å²) in [6.07, 6.45) is 5.92. The Labute approximate surface area is 174 Å². The molecule has 158 valence electrons. The molecule has 4 rings (SSSR count). The molecule has 2 aliphatic heterocycles. The molecule has 1 atom stereocenters. The first-order valence-electron chi connectivity index (χ1n) is 10.7. The maximum absolute atomic E-state index is 5.65. The molecular weight excluding hydrogens is 364 g/mol. The Kier molecular flexibility index (Phi) is 5.83. The number of aryl methyl sites for hydroxylation is 1. The Morgan fingerprint density at radius 3 is 2.52 bits per heavy atom. The molecular formula is C23H34N4O2. The highest BCUT2D eigenvalue weighted by Crippen LogP contribution is 2.40. The topological polar surface area (TPSA) is 42.8 Å². The molecule has 1 aromatic carbocycles. The maximum Gasteiger partial charge on any atom is 0.165 e. The van der Waals surface area contributed by atoms with Gasteiger partial charge in [-0.3, -0.25) is 9.80 Å². The fraction of sp³-hybridized carbons (Fsp3) is 0.609. The van der Waals surface area contributed by atoms with Gasteiger partial charge in [0.1, 0.15) is 5.82 Å². The second-order valence-electron chi connectivity index (χ2n) is 8.78. The monoisotopic (exact) mass is 398 g/mol. The summed E-state index contributed by atoms with van der Waals surface area (Å²) in [5.74, 6) is 2.77. The number of likely N-dealkylation sites (tertiary alicyclic amines) is 2. The average Bonchev–Trinajstić information content (AvgIpc) is 3.25. The number of benzene rings is 1. The summed E-state index contributed by atoms with van der Waals surface area (Å²) >= 11 is 0. The summed E-state index contributed by atoms with van der Waals surface area (Å²) in [7, 11) is 5.55. The Morgan fingerprint density at radius 2 is 1.83 bits per heavy atom. The van der Waals surface area contributed by atoms with E-state index < -0.39 is 0 Å². The van der Waals surface area contributed by atoms with Gasteiger partial charge in [0.2, 0.25) is 0 Å². The Morgan fingerprint density at radius 1 is 1.03 bits per heavy atom. The first-order valence-corrected chi connectivity index (χ1v) is 10.7. The predicted molar refractivity (Wildman–Crippen MR) is 114 cm³/mol. The van der Waals surface area contributed by atoms with Gasteiger partial charge in [-0.1, -0.05) is 12.1 Å². The van der Waals surface area contributed by atoms with Crippen LogP contribution in [-0.4, -0.2) is 59.7 Å². The van der Waals surface area contributed by atoms with E-state index in [4.69, 9.17) is 9.47 Å². The van der Waals surface area contributed by atoms with Gasteiger partial charge in [0.25, 0.3) is 0 Å². The number of rotatable bonds is 6. The third-order valence-electron chi connectivity index (χ3n) is 6.84. The number of nitrogens with zero attached hydrogens (tertiary/aromatic N) is 4. The summed E-state index contributed by atoms with van der Waals surface area (Å²) in [4.78, 5) is 9.68. The fourth-order valence-electron chi connectivity index (χ4n) is 5.18. The molecule has 0 N–H and O–H groups in total. The number of hydrogen-bond acceptors (Lipinski definition) is 5. The summed E-state index contributed by atoms with van der Waals surface area (Å²) < 4.78 is 13.4. The number of aromatic nitrogens is 2. The van der Waals surface area contributed by atoms with Crippen LogP contribution in [0.5, 0.6) is 11.5 Å². The van der Waals surface area contributed by atoms with Crippen molar-refractivity contribution in [3.05, 3.63) is 41.5 Å². The van der Waals surface area contributed by atoms with E-state index in [0.717, 1.165) is 43.5 Å². The molecule has 0 radical (unpaired) electrons. The molecule has 6 nitrogen and oxygen atoms in total. The Balaban J connectivity index is 1.42. The van der Waals surface area contributed by atoms with Crippen molar-refractivity contribution in [2.24, 2.45) is 12.5 Å². The van der Waals surface area contributed by atoms with Gasteiger partial charge < -0.3 is 14.0 Å². The van der Waals surface area contributed by atoms with Crippen LogP contribution in [0.25, 0.3) is 0 Å². The van der Waals surface area contributed by atoms with Crippen molar-refractivity contribution in [3.8, 4) is 11.5 Å². The molecule has 1 unspecified atom stereocenters. The second-order valence-corrected chi connectivity index (χ2v) is 8.78. The molecule has 0 saturated carbocycles. The Hall–Kier alpha value is -2.05. The van der Waals surface area contributed by atoms with Crippen LogP contribution in [0.15, 0.2) is 24.4 Å². The lowest BCUT2D eigenvalue weighted by molar-refractivity contribution is 0.0857. The minimum absolute atomic E-state index is 0.415. The van der Waals surface area contributed by atoms with Gasteiger partial charge in [-0.15, -0.1) is 0 Å². The van der Waals surface area contributed by atoms with Gasteiger partial charge >= 0.3 is 0 Å². The molecule has 0 bridgehead atoms. The highest BCUT2D eigenvalue weighted by molar-refractivity contribution is 5.46. The number of imidazole rings is 1. The van der Waals surface area contributed by atoms with Crippen LogP contribution in [0, 0.1) is 12.3 Å². The van der Waals surface area contributed by atoms with E-state index in [2.05, 4.69) is 45.5 Å². The minimum atomic E-state index is 0.415. The van der Waals surface area contributed by atoms with Crippen molar-refractivity contribution in [1.82, 2.24) is 19.4 Å². The van der Waals surface area contributed by atoms with E-state index in [1.165, 1.54) is 43.6 Å². The lowest BCUT2D eigenvalue weighted by Gasteiger charge is -2.40. The number of piperidine rings is 1. The molecule has 2 fully saturated rings. The van der Waals surface area contributed by atoms with Crippen molar-refractivity contribution < 1.29 is 9.47 Å². The lowest BCUT2D eigenvalue weighted by atomic mass is 9.79. The molecule has 0 amide bonds. The fourth-order valence-corrected chi connectivity index (χ4v) is 5.18. The normalized spacial score (nSPS) is 23.0. The van der Waals surface area contributed by atoms with E-state index in [1.54, 1.807) is 14.2 Å². The quantitative estimate of drug-likeness (QED) is 0.747. The average molecular weight is 399 g/mol. The lowest BCUT2D eigenvalue weighted by Crippen LogP contribution is -2.44. The summed E-state index contributed by atoms with van der Waals surface area (Å²) in [5.41, 5.74) is 2.94. The molecule has 29 heavy (non-hydrogen) atoms. The standard InChI is InChI=1S/C23H34N4O2/c1-18-24-13-20(25(18)2)15-27-12-10-23(17-27)9-6-11-26(16-23)14-19-7-5-8-21(28-3)22(19)29-4/h5,7-8,13H,6,9-12,14-17H2,1-4H3. The molecule has 0 aliphatic carbocycles. The maximum atomic E-state index is 5.65. The number of hydrogen-bond donors (Lipinski definition) is 0. The van der Waals surface area contributed by atoms with Crippen molar-refractivity contribution in [3.63, 3.8) is 0 Å². The van der Waals surface area contributed by atoms with Crippen LogP contribution in [0.2, 0.25) is 0 Å². The highest BCUT2D eigenvalue weighted by Gasteiger charge is 2.41. The third kappa shape index (κ3) is 4.14. The Bertz CT molecular complexity index is 849. The molecule has 1 aromatic heterocycles. The van der Waals surface area contributed by atoms with E-state index >= 15 is 0 Å². The molecule has 2 saturated heterocycles. The van der Waals surface area contributed by atoms with Crippen LogP contribution < -0.4 is 9.47 Å². The van der Waals surface area contributed by atoms with E-state index in [9.17, 15) is 0 Å². The summed E-state index contributed by atoms with van der Waals surface area (Å²) in [6, 6.07) is 6.19. The third-order valence-corrected chi connectivity index (χ3v) is 6.84. The van der Waals surface area contributed by atoms with Gasteiger partial charge in [-0.25, -0.2) is 4.98 Å². The van der Waals surface area contributed by atoms with Crippen LogP contribution in [0.3, 0.4) is 0 Å². The van der Waals surface area contributed by atoms with Crippen molar-refractivity contribution in [2.75, 3.05) is 40.4 Å². The van der Waals surface area contributed by atoms with Crippen LogP contribution >= 0.6 is 0 Å². The van der Waals surface area contributed by atoms with Gasteiger partial charge in [-0.05, 0) is 50.8 Å².